The Balaban J connectivity index is 1.41. The number of piperidine rings is 1. The Morgan fingerprint density at radius 2 is 2.17 bits per heavy atom. The van der Waals surface area contributed by atoms with Crippen molar-refractivity contribution in [2.75, 3.05) is 30.8 Å². The number of hydrogen-bond acceptors (Lipinski definition) is 6. The molecule has 1 aliphatic heterocycles. The summed E-state index contributed by atoms with van der Waals surface area (Å²) in [6.07, 6.45) is 3.93. The largest absolute Gasteiger partial charge is 0.348 e. The Kier molecular flexibility index (Phi) is 4.05. The summed E-state index contributed by atoms with van der Waals surface area (Å²) < 4.78 is 14.1. The molecule has 2 atom stereocenters. The first-order valence-electron chi connectivity index (χ1n) is 8.42. The second kappa shape index (κ2) is 6.35. The second-order valence-corrected chi connectivity index (χ2v) is 6.69. The van der Waals surface area contributed by atoms with Crippen LogP contribution in [-0.4, -0.2) is 57.4 Å². The number of halogens is 1. The van der Waals surface area contributed by atoms with Crippen molar-refractivity contribution in [3.05, 3.63) is 24.0 Å². The predicted octanol–water partition coefficient (Wildman–Crippen LogP) is 2.27. The molecule has 4 rings (SSSR count). The summed E-state index contributed by atoms with van der Waals surface area (Å²) >= 11 is 0. The van der Waals surface area contributed by atoms with E-state index in [9.17, 15) is 4.39 Å². The van der Waals surface area contributed by atoms with Crippen LogP contribution in [-0.2, 0) is 0 Å². The van der Waals surface area contributed by atoms with E-state index in [-0.39, 0.29) is 6.04 Å². The van der Waals surface area contributed by atoms with Crippen LogP contribution in [0.1, 0.15) is 30.9 Å². The number of aromatic nitrogens is 4. The van der Waals surface area contributed by atoms with Crippen molar-refractivity contribution >= 4 is 17.6 Å². The molecule has 0 radical (unpaired) electrons. The summed E-state index contributed by atoms with van der Waals surface area (Å²) in [5.41, 5.74) is 1.16. The van der Waals surface area contributed by atoms with Gasteiger partial charge in [-0.1, -0.05) is 0 Å². The summed E-state index contributed by atoms with van der Waals surface area (Å²) in [6, 6.07) is 3.54. The number of H-pyrrole nitrogens is 1. The van der Waals surface area contributed by atoms with Crippen molar-refractivity contribution in [2.45, 2.75) is 37.4 Å². The van der Waals surface area contributed by atoms with Gasteiger partial charge in [0.2, 0.25) is 5.95 Å². The molecule has 0 unspecified atom stereocenters. The fourth-order valence-corrected chi connectivity index (χ4v) is 3.02. The van der Waals surface area contributed by atoms with Gasteiger partial charge in [0.1, 0.15) is 12.0 Å². The van der Waals surface area contributed by atoms with Crippen molar-refractivity contribution in [3.63, 3.8) is 0 Å². The summed E-state index contributed by atoms with van der Waals surface area (Å²) in [4.78, 5) is 10.6. The van der Waals surface area contributed by atoms with Crippen LogP contribution in [0, 0.1) is 0 Å². The van der Waals surface area contributed by atoms with Gasteiger partial charge in [-0.15, -0.1) is 0 Å². The van der Waals surface area contributed by atoms with Gasteiger partial charge in [-0.3, -0.25) is 5.10 Å². The van der Waals surface area contributed by atoms with Gasteiger partial charge < -0.3 is 15.5 Å². The highest BCUT2D eigenvalue weighted by Crippen LogP contribution is 2.39. The minimum Gasteiger partial charge on any atom is -0.348 e. The van der Waals surface area contributed by atoms with E-state index in [1.807, 2.05) is 18.0 Å². The lowest BCUT2D eigenvalue weighted by atomic mass is 10.0. The van der Waals surface area contributed by atoms with Gasteiger partial charge in [-0.25, -0.2) is 9.37 Å². The average molecular weight is 331 g/mol. The molecule has 2 aromatic rings. The average Bonchev–Trinajstić information content (AvgIpc) is 3.31. The summed E-state index contributed by atoms with van der Waals surface area (Å²) in [5.74, 6) is 2.45. The van der Waals surface area contributed by atoms with E-state index in [4.69, 9.17) is 0 Å². The van der Waals surface area contributed by atoms with Crippen LogP contribution in [0.5, 0.6) is 0 Å². The Hall–Kier alpha value is -2.22. The third-order valence-corrected chi connectivity index (χ3v) is 4.59. The van der Waals surface area contributed by atoms with E-state index in [1.54, 1.807) is 12.3 Å². The van der Waals surface area contributed by atoms with Crippen molar-refractivity contribution in [1.29, 1.82) is 0 Å². The Labute approximate surface area is 140 Å². The molecule has 3 heterocycles. The van der Waals surface area contributed by atoms with E-state index >= 15 is 0 Å². The van der Waals surface area contributed by atoms with Crippen LogP contribution in [0.15, 0.2) is 18.3 Å². The van der Waals surface area contributed by atoms with Gasteiger partial charge in [0.25, 0.3) is 0 Å². The number of rotatable bonds is 5. The highest BCUT2D eigenvalue weighted by Gasteiger charge is 2.28. The second-order valence-electron chi connectivity index (χ2n) is 6.69. The number of anilines is 3. The fraction of sp³-hybridized carbons (Fsp3) is 0.562. The van der Waals surface area contributed by atoms with Crippen molar-refractivity contribution in [1.82, 2.24) is 25.1 Å². The first-order valence-corrected chi connectivity index (χ1v) is 8.42. The van der Waals surface area contributed by atoms with Gasteiger partial charge in [-0.05, 0) is 32.4 Å². The molecular weight excluding hydrogens is 309 g/mol. The molecule has 24 heavy (non-hydrogen) atoms. The fourth-order valence-electron chi connectivity index (χ4n) is 3.02. The molecule has 7 nitrogen and oxygen atoms in total. The number of hydrogen-bond donors (Lipinski definition) is 3. The van der Waals surface area contributed by atoms with Gasteiger partial charge in [0.15, 0.2) is 5.82 Å². The highest BCUT2D eigenvalue weighted by atomic mass is 19.1. The molecule has 2 aliphatic rings. The predicted molar refractivity (Wildman–Crippen MR) is 90.3 cm³/mol. The Morgan fingerprint density at radius 3 is 2.96 bits per heavy atom. The van der Waals surface area contributed by atoms with Crippen molar-refractivity contribution in [3.8, 4) is 0 Å². The minimum absolute atomic E-state index is 0.247. The third-order valence-electron chi connectivity index (χ3n) is 4.59. The number of nitrogens with zero attached hydrogens (tertiary/aromatic N) is 4. The van der Waals surface area contributed by atoms with Crippen LogP contribution in [0.25, 0.3) is 0 Å². The molecule has 0 amide bonds. The lowest BCUT2D eigenvalue weighted by Gasteiger charge is -2.32. The Morgan fingerprint density at radius 1 is 1.29 bits per heavy atom. The first kappa shape index (κ1) is 15.3. The molecule has 1 saturated heterocycles. The molecule has 128 valence electrons. The third kappa shape index (κ3) is 3.48. The number of alkyl halides is 1. The van der Waals surface area contributed by atoms with E-state index in [0.717, 1.165) is 24.5 Å². The maximum Gasteiger partial charge on any atom is 0.224 e. The molecule has 2 fully saturated rings. The van der Waals surface area contributed by atoms with Crippen LogP contribution in [0.3, 0.4) is 0 Å². The van der Waals surface area contributed by atoms with Crippen molar-refractivity contribution < 1.29 is 4.39 Å². The van der Waals surface area contributed by atoms with Crippen LogP contribution in [0.2, 0.25) is 0 Å². The number of likely N-dealkylation sites (tertiary alicyclic amines) is 1. The molecule has 0 spiro atoms. The quantitative estimate of drug-likeness (QED) is 0.780. The van der Waals surface area contributed by atoms with Crippen LogP contribution >= 0.6 is 0 Å². The minimum atomic E-state index is -0.920. The molecule has 1 saturated carbocycles. The zero-order valence-electron chi connectivity index (χ0n) is 13.7. The molecule has 3 N–H and O–H groups in total. The SMILES string of the molecule is CN1CC[C@@H](Nc2nccc(Nc3cc(C4CC4)[nH]n3)n2)[C@@H](F)C1. The molecule has 0 bridgehead atoms. The zero-order valence-corrected chi connectivity index (χ0v) is 13.7. The molecule has 1 aliphatic carbocycles. The van der Waals surface area contributed by atoms with E-state index in [0.29, 0.717) is 24.2 Å². The topological polar surface area (TPSA) is 81.8 Å². The van der Waals surface area contributed by atoms with Gasteiger partial charge in [0.05, 0.1) is 6.04 Å². The zero-order chi connectivity index (χ0) is 16.5. The number of aromatic amines is 1. The summed E-state index contributed by atoms with van der Waals surface area (Å²) in [7, 11) is 1.93. The lowest BCUT2D eigenvalue weighted by molar-refractivity contribution is 0.149. The van der Waals surface area contributed by atoms with E-state index < -0.39 is 6.17 Å². The smallest absolute Gasteiger partial charge is 0.224 e. The normalized spacial score (nSPS) is 24.8. The van der Waals surface area contributed by atoms with Gasteiger partial charge >= 0.3 is 0 Å². The monoisotopic (exact) mass is 331 g/mol. The lowest BCUT2D eigenvalue weighted by Crippen LogP contribution is -2.46. The van der Waals surface area contributed by atoms with Crippen LogP contribution in [0.4, 0.5) is 22.0 Å². The molecule has 8 heteroatoms. The molecular formula is C16H22FN7. The van der Waals surface area contributed by atoms with E-state index in [1.165, 1.54) is 12.8 Å². The highest BCUT2D eigenvalue weighted by molar-refractivity contribution is 5.53. The van der Waals surface area contributed by atoms with E-state index in [2.05, 4.69) is 30.8 Å². The first-order chi connectivity index (χ1) is 11.7. The summed E-state index contributed by atoms with van der Waals surface area (Å²) in [6.45, 7) is 1.31. The molecule has 2 aromatic heterocycles. The van der Waals surface area contributed by atoms with Gasteiger partial charge in [-0.2, -0.15) is 10.1 Å². The van der Waals surface area contributed by atoms with Crippen LogP contribution < -0.4 is 10.6 Å². The maximum atomic E-state index is 14.1. The molecule has 0 aromatic carbocycles. The number of nitrogens with one attached hydrogen (secondary N) is 3. The maximum absolute atomic E-state index is 14.1. The summed E-state index contributed by atoms with van der Waals surface area (Å²) in [5, 5.41) is 13.6. The standard InChI is InChI=1S/C16H22FN7/c1-24-7-5-12(11(17)9-24)19-16-18-6-4-14(21-16)20-15-8-13(22-23-15)10-2-3-10/h4,6,8,10-12H,2-3,5,7,9H2,1H3,(H3,18,19,20,21,22,23)/t11-,12+/m0/s1. The van der Waals surface area contributed by atoms with Gasteiger partial charge in [0, 0.05) is 37.0 Å². The Bertz CT molecular complexity index is 699. The van der Waals surface area contributed by atoms with Crippen molar-refractivity contribution in [2.24, 2.45) is 0 Å².